The number of nitrogens with zero attached hydrogens (tertiary/aromatic N) is 3. The van der Waals surface area contributed by atoms with Crippen LogP contribution in [0.3, 0.4) is 0 Å². The monoisotopic (exact) mass is 401 g/mol. The molecule has 3 heterocycles. The van der Waals surface area contributed by atoms with E-state index in [0.29, 0.717) is 12.1 Å². The minimum absolute atomic E-state index is 0.483. The Labute approximate surface area is 176 Å². The number of piperidine rings is 1. The third-order valence-electron chi connectivity index (χ3n) is 6.03. The average molecular weight is 402 g/mol. The molecule has 162 valence electrons. The molecule has 6 nitrogen and oxygen atoms in total. The van der Waals surface area contributed by atoms with Gasteiger partial charge < -0.3 is 15.1 Å². The lowest BCUT2D eigenvalue weighted by Gasteiger charge is -2.33. The topological polar surface area (TPSA) is 56.0 Å². The average Bonchev–Trinajstić information content (AvgIpc) is 3.38. The van der Waals surface area contributed by atoms with Crippen molar-refractivity contribution in [3.8, 4) is 0 Å². The highest BCUT2D eigenvalue weighted by atomic mass is 16.3. The maximum Gasteiger partial charge on any atom is 0.191 e. The van der Waals surface area contributed by atoms with Crippen LogP contribution in [0.15, 0.2) is 40.0 Å². The summed E-state index contributed by atoms with van der Waals surface area (Å²) >= 11 is 0. The van der Waals surface area contributed by atoms with Crippen LogP contribution in [0.2, 0.25) is 0 Å². The smallest absolute Gasteiger partial charge is 0.191 e. The number of rotatable bonds is 9. The summed E-state index contributed by atoms with van der Waals surface area (Å²) in [6, 6.07) is 5.04. The lowest BCUT2D eigenvalue weighted by Crippen LogP contribution is -2.49. The number of furan rings is 1. The van der Waals surface area contributed by atoms with Crippen LogP contribution in [0.25, 0.3) is 0 Å². The van der Waals surface area contributed by atoms with E-state index >= 15 is 0 Å². The van der Waals surface area contributed by atoms with Gasteiger partial charge in [0.1, 0.15) is 5.76 Å². The maximum absolute atomic E-state index is 5.46. The fraction of sp³-hybridized carbons (Fsp3) is 0.696. The first-order chi connectivity index (χ1) is 14.1. The van der Waals surface area contributed by atoms with Crippen LogP contribution in [-0.2, 0) is 6.42 Å². The van der Waals surface area contributed by atoms with E-state index in [2.05, 4.69) is 40.9 Å². The van der Waals surface area contributed by atoms with E-state index in [1.807, 2.05) is 12.1 Å². The van der Waals surface area contributed by atoms with Gasteiger partial charge in [0.25, 0.3) is 0 Å². The van der Waals surface area contributed by atoms with Crippen molar-refractivity contribution < 1.29 is 4.42 Å². The quantitative estimate of drug-likeness (QED) is 0.379. The van der Waals surface area contributed by atoms with E-state index in [1.54, 1.807) is 6.26 Å². The standard InChI is InChI=1S/C23H39N5O/c1-4-28-13-5-7-21(28)17-25-23(24-12-9-22-8-6-16-29-22)26-20-10-14-27(15-11-20)18-19(2)3/h6,8,16,20-21H,2,4-5,7,9-15,17-18H2,1,3H3,(H2,24,25,26). The molecule has 2 aliphatic heterocycles. The van der Waals surface area contributed by atoms with Gasteiger partial charge in [-0.1, -0.05) is 19.1 Å². The number of likely N-dealkylation sites (tertiary alicyclic amines) is 2. The van der Waals surface area contributed by atoms with Crippen molar-refractivity contribution in [1.29, 1.82) is 0 Å². The molecular weight excluding hydrogens is 362 g/mol. The van der Waals surface area contributed by atoms with E-state index in [0.717, 1.165) is 70.3 Å². The predicted molar refractivity (Wildman–Crippen MR) is 120 cm³/mol. The third-order valence-corrected chi connectivity index (χ3v) is 6.03. The molecule has 0 radical (unpaired) electrons. The van der Waals surface area contributed by atoms with Gasteiger partial charge in [-0.05, 0) is 57.8 Å². The summed E-state index contributed by atoms with van der Waals surface area (Å²) < 4.78 is 5.46. The minimum Gasteiger partial charge on any atom is -0.469 e. The molecule has 29 heavy (non-hydrogen) atoms. The van der Waals surface area contributed by atoms with E-state index < -0.39 is 0 Å². The van der Waals surface area contributed by atoms with Crippen LogP contribution in [-0.4, -0.2) is 73.7 Å². The van der Waals surface area contributed by atoms with Crippen LogP contribution in [0.4, 0.5) is 0 Å². The van der Waals surface area contributed by atoms with Gasteiger partial charge in [0, 0.05) is 44.7 Å². The molecule has 1 unspecified atom stereocenters. The van der Waals surface area contributed by atoms with Crippen molar-refractivity contribution in [1.82, 2.24) is 20.4 Å². The highest BCUT2D eigenvalue weighted by molar-refractivity contribution is 5.80. The van der Waals surface area contributed by atoms with Crippen molar-refractivity contribution in [3.05, 3.63) is 36.3 Å². The molecule has 2 N–H and O–H groups in total. The normalized spacial score (nSPS) is 22.1. The first-order valence-corrected chi connectivity index (χ1v) is 11.3. The second-order valence-corrected chi connectivity index (χ2v) is 8.52. The fourth-order valence-corrected chi connectivity index (χ4v) is 4.44. The highest BCUT2D eigenvalue weighted by Crippen LogP contribution is 2.17. The van der Waals surface area contributed by atoms with Crippen molar-refractivity contribution in [2.75, 3.05) is 45.8 Å². The fourth-order valence-electron chi connectivity index (χ4n) is 4.44. The lowest BCUT2D eigenvalue weighted by atomic mass is 10.0. The third kappa shape index (κ3) is 7.19. The molecular formula is C23H39N5O. The van der Waals surface area contributed by atoms with Crippen molar-refractivity contribution in [2.45, 2.75) is 58.0 Å². The molecule has 0 saturated carbocycles. The molecule has 0 aliphatic carbocycles. The van der Waals surface area contributed by atoms with Crippen LogP contribution in [0, 0.1) is 0 Å². The summed E-state index contributed by atoms with van der Waals surface area (Å²) in [6.45, 7) is 15.7. The van der Waals surface area contributed by atoms with Crippen molar-refractivity contribution >= 4 is 5.96 Å². The minimum atomic E-state index is 0.483. The molecule has 2 saturated heterocycles. The van der Waals surface area contributed by atoms with Crippen LogP contribution in [0.1, 0.15) is 45.3 Å². The molecule has 1 aromatic rings. The molecule has 0 bridgehead atoms. The van der Waals surface area contributed by atoms with Gasteiger partial charge in [-0.3, -0.25) is 14.8 Å². The number of likely N-dealkylation sites (N-methyl/N-ethyl adjacent to an activating group) is 1. The van der Waals surface area contributed by atoms with Gasteiger partial charge in [-0.2, -0.15) is 0 Å². The van der Waals surface area contributed by atoms with E-state index in [9.17, 15) is 0 Å². The van der Waals surface area contributed by atoms with Crippen molar-refractivity contribution in [2.24, 2.45) is 4.99 Å². The summed E-state index contributed by atoms with van der Waals surface area (Å²) in [5.74, 6) is 1.97. The first-order valence-electron chi connectivity index (χ1n) is 11.3. The van der Waals surface area contributed by atoms with Gasteiger partial charge in [-0.25, -0.2) is 0 Å². The summed E-state index contributed by atoms with van der Waals surface area (Å²) in [6.07, 6.45) is 7.46. The largest absolute Gasteiger partial charge is 0.469 e. The zero-order valence-electron chi connectivity index (χ0n) is 18.3. The Kier molecular flexibility index (Phi) is 8.62. The molecule has 1 atom stereocenters. The van der Waals surface area contributed by atoms with E-state index in [4.69, 9.17) is 9.41 Å². The van der Waals surface area contributed by atoms with Crippen LogP contribution in [0.5, 0.6) is 0 Å². The second kappa shape index (κ2) is 11.4. The molecule has 2 aliphatic rings. The zero-order chi connectivity index (χ0) is 20.5. The van der Waals surface area contributed by atoms with Gasteiger partial charge in [0.15, 0.2) is 5.96 Å². The summed E-state index contributed by atoms with van der Waals surface area (Å²) in [7, 11) is 0. The number of guanidine groups is 1. The van der Waals surface area contributed by atoms with Gasteiger partial charge in [0.2, 0.25) is 0 Å². The SMILES string of the molecule is C=C(C)CN1CCC(NC(=NCC2CCCN2CC)NCCc2ccco2)CC1. The molecule has 3 rings (SSSR count). The Hall–Kier alpha value is -1.79. The van der Waals surface area contributed by atoms with Crippen LogP contribution >= 0.6 is 0 Å². The molecule has 0 aromatic carbocycles. The van der Waals surface area contributed by atoms with E-state index in [1.165, 1.54) is 25.0 Å². The molecule has 0 amide bonds. The van der Waals surface area contributed by atoms with Crippen molar-refractivity contribution in [3.63, 3.8) is 0 Å². The second-order valence-electron chi connectivity index (χ2n) is 8.52. The Balaban J connectivity index is 1.52. The Morgan fingerprint density at radius 3 is 2.79 bits per heavy atom. The maximum atomic E-state index is 5.46. The lowest BCUT2D eigenvalue weighted by molar-refractivity contribution is 0.221. The molecule has 6 heteroatoms. The number of nitrogens with one attached hydrogen (secondary N) is 2. The summed E-state index contributed by atoms with van der Waals surface area (Å²) in [4.78, 5) is 10.0. The molecule has 1 aromatic heterocycles. The van der Waals surface area contributed by atoms with Gasteiger partial charge >= 0.3 is 0 Å². The molecule has 2 fully saturated rings. The number of hydrogen-bond donors (Lipinski definition) is 2. The van der Waals surface area contributed by atoms with E-state index in [-0.39, 0.29) is 0 Å². The number of hydrogen-bond acceptors (Lipinski definition) is 4. The molecule has 0 spiro atoms. The zero-order valence-corrected chi connectivity index (χ0v) is 18.3. The Morgan fingerprint density at radius 1 is 1.28 bits per heavy atom. The first kappa shape index (κ1) is 21.9. The summed E-state index contributed by atoms with van der Waals surface area (Å²) in [5.41, 5.74) is 1.25. The Morgan fingerprint density at radius 2 is 2.10 bits per heavy atom. The highest BCUT2D eigenvalue weighted by Gasteiger charge is 2.23. The Bertz CT molecular complexity index is 634. The predicted octanol–water partition coefficient (Wildman–Crippen LogP) is 2.88. The summed E-state index contributed by atoms with van der Waals surface area (Å²) in [5, 5.41) is 7.25. The van der Waals surface area contributed by atoms with Gasteiger partial charge in [0.05, 0.1) is 12.8 Å². The number of aliphatic imine (C=N–C) groups is 1. The van der Waals surface area contributed by atoms with Crippen LogP contribution < -0.4 is 10.6 Å². The van der Waals surface area contributed by atoms with Gasteiger partial charge in [-0.15, -0.1) is 0 Å².